The van der Waals surface area contributed by atoms with Crippen molar-refractivity contribution >= 4 is 55.3 Å². The minimum absolute atomic E-state index is 0.00162. The van der Waals surface area contributed by atoms with Gasteiger partial charge in [-0.2, -0.15) is 13.9 Å². The van der Waals surface area contributed by atoms with Crippen LogP contribution in [0.15, 0.2) is 131 Å². The van der Waals surface area contributed by atoms with Crippen LogP contribution in [-0.4, -0.2) is 199 Å². The molecule has 0 radical (unpaired) electrons. The van der Waals surface area contributed by atoms with Crippen LogP contribution in [0, 0.1) is 41.6 Å². The summed E-state index contributed by atoms with van der Waals surface area (Å²) in [5.74, 6) is 3.32. The molecule has 4 aromatic carbocycles. The van der Waals surface area contributed by atoms with Crippen LogP contribution in [0.1, 0.15) is 70.1 Å². The summed E-state index contributed by atoms with van der Waals surface area (Å²) >= 11 is 5.45. The second kappa shape index (κ2) is 38.8. The summed E-state index contributed by atoms with van der Waals surface area (Å²) in [4.78, 5) is 37.5. The fourth-order valence-corrected chi connectivity index (χ4v) is 15.8. The fourth-order valence-electron chi connectivity index (χ4n) is 12.4. The highest BCUT2D eigenvalue weighted by molar-refractivity contribution is 7.89. The van der Waals surface area contributed by atoms with E-state index in [0.29, 0.717) is 109 Å². The number of carbonyl (C=O) groups excluding carboxylic acids is 2. The Balaban J connectivity index is 0.000000206. The Morgan fingerprint density at radius 1 is 0.645 bits per heavy atom. The molecular formula is C74H91ClN10O20S2. The summed E-state index contributed by atoms with van der Waals surface area (Å²) in [6, 6.07) is 30.3. The summed E-state index contributed by atoms with van der Waals surface area (Å²) < 4.78 is 125. The lowest BCUT2D eigenvalue weighted by atomic mass is 10.0. The number of halogens is 1. The molecule has 0 saturated carbocycles. The zero-order valence-electron chi connectivity index (χ0n) is 59.8. The van der Waals surface area contributed by atoms with Gasteiger partial charge in [-0.15, -0.1) is 0 Å². The number of nitrogens with two attached hydrogens (primary N) is 1. The predicted molar refractivity (Wildman–Crippen MR) is 389 cm³/mol. The maximum atomic E-state index is 14.0. The number of hydrogen-bond donors (Lipinski definition) is 6. The number of aromatic nitrogens is 2. The van der Waals surface area contributed by atoms with Crippen molar-refractivity contribution in [2.24, 2.45) is 29.4 Å². The second-order valence-corrected chi connectivity index (χ2v) is 31.1. The number of carbonyl (C=O) groups is 2. The molecule has 10 atom stereocenters. The third-order valence-corrected chi connectivity index (χ3v) is 21.8. The molecule has 2 amide bonds. The van der Waals surface area contributed by atoms with Gasteiger partial charge in [0, 0.05) is 57.3 Å². The van der Waals surface area contributed by atoms with Gasteiger partial charge in [0.25, 0.3) is 0 Å². The smallest absolute Gasteiger partial charge is 0.407 e. The van der Waals surface area contributed by atoms with Crippen molar-refractivity contribution in [3.63, 3.8) is 0 Å². The molecule has 12 rings (SSSR count). The van der Waals surface area contributed by atoms with E-state index in [0.717, 1.165) is 24.0 Å². The van der Waals surface area contributed by atoms with Crippen LogP contribution in [0.5, 0.6) is 34.5 Å². The molecule has 6 aliphatic heterocycles. The van der Waals surface area contributed by atoms with Crippen molar-refractivity contribution in [2.45, 2.75) is 125 Å². The molecule has 6 aliphatic rings. The minimum Gasteiger partial charge on any atom is -0.494 e. The Morgan fingerprint density at radius 2 is 1.13 bits per heavy atom. The normalized spacial score (nSPS) is 19.9. The molecule has 0 aliphatic carbocycles. The van der Waals surface area contributed by atoms with Crippen molar-refractivity contribution in [3.8, 4) is 40.6 Å². The number of nitrogens with zero attached hydrogens (tertiary/aromatic N) is 6. The van der Waals surface area contributed by atoms with E-state index in [-0.39, 0.29) is 106 Å². The van der Waals surface area contributed by atoms with Crippen molar-refractivity contribution in [2.75, 3.05) is 97.8 Å². The highest BCUT2D eigenvalue weighted by Gasteiger charge is 2.46. The highest BCUT2D eigenvalue weighted by atomic mass is 35.5. The van der Waals surface area contributed by atoms with E-state index in [1.807, 2.05) is 58.0 Å². The number of nitriles is 1. The minimum atomic E-state index is -4.09. The maximum Gasteiger partial charge on any atom is 0.407 e. The van der Waals surface area contributed by atoms with Gasteiger partial charge in [0.1, 0.15) is 40.7 Å². The predicted octanol–water partition coefficient (Wildman–Crippen LogP) is 8.20. The molecule has 0 bridgehead atoms. The summed E-state index contributed by atoms with van der Waals surface area (Å²) in [6.07, 6.45) is 0.324. The average Bonchev–Trinajstić information content (AvgIpc) is 1.55. The first-order chi connectivity index (χ1) is 51.5. The van der Waals surface area contributed by atoms with Crippen LogP contribution in [0.2, 0.25) is 5.15 Å². The van der Waals surface area contributed by atoms with E-state index in [2.05, 4.69) is 30.8 Å². The Hall–Kier alpha value is -8.87. The summed E-state index contributed by atoms with van der Waals surface area (Å²) in [7, 11) is -8.14. The van der Waals surface area contributed by atoms with E-state index >= 15 is 0 Å². The molecule has 8 heterocycles. The van der Waals surface area contributed by atoms with E-state index in [1.54, 1.807) is 60.7 Å². The Morgan fingerprint density at radius 3 is 1.56 bits per heavy atom. The topological polar surface area (TPSA) is 376 Å². The third kappa shape index (κ3) is 22.9. The molecular weight excluding hydrogens is 1450 g/mol. The number of ether oxygens (including phenoxy) is 12. The summed E-state index contributed by atoms with van der Waals surface area (Å²) in [5, 5.41) is 41.4. The van der Waals surface area contributed by atoms with Crippen LogP contribution >= 0.6 is 11.6 Å². The first kappa shape index (κ1) is 80.7. The highest BCUT2D eigenvalue weighted by Crippen LogP contribution is 2.38. The van der Waals surface area contributed by atoms with Gasteiger partial charge in [0.2, 0.25) is 39.3 Å². The van der Waals surface area contributed by atoms with Gasteiger partial charge < -0.3 is 88.7 Å². The largest absolute Gasteiger partial charge is 0.494 e. The molecule has 107 heavy (non-hydrogen) atoms. The average molecular weight is 1540 g/mol. The van der Waals surface area contributed by atoms with Crippen LogP contribution < -0.4 is 50.1 Å². The molecule has 30 nitrogen and oxygen atoms in total. The van der Waals surface area contributed by atoms with Gasteiger partial charge in [0.15, 0.2) is 35.6 Å². The second-order valence-electron chi connectivity index (χ2n) is 26.8. The van der Waals surface area contributed by atoms with Crippen LogP contribution in [0.3, 0.4) is 0 Å². The van der Waals surface area contributed by atoms with Crippen LogP contribution in [0.25, 0.3) is 4.85 Å². The van der Waals surface area contributed by atoms with Gasteiger partial charge in [-0.25, -0.2) is 36.3 Å². The van der Waals surface area contributed by atoms with Gasteiger partial charge in [-0.1, -0.05) is 69.6 Å². The number of hydrogen-bond acceptors (Lipinski definition) is 25. The van der Waals surface area contributed by atoms with E-state index < -0.39 is 75.0 Å². The number of fused-ring (bicyclic) bond motifs is 4. The number of alkyl carbamates (subject to hydrolysis) is 2. The molecule has 2 aromatic heterocycles. The number of pyridine rings is 2. The van der Waals surface area contributed by atoms with Gasteiger partial charge in [-0.05, 0) is 135 Å². The summed E-state index contributed by atoms with van der Waals surface area (Å²) in [5.41, 5.74) is 8.13. The number of aliphatic hydroxyl groups excluding tert-OH is 2. The molecule has 4 saturated heterocycles. The lowest BCUT2D eigenvalue weighted by Crippen LogP contribution is -2.51. The zero-order chi connectivity index (χ0) is 76.0. The number of sulfonamides is 2. The summed E-state index contributed by atoms with van der Waals surface area (Å²) in [6.45, 7) is 17.4. The molecule has 0 unspecified atom stereocenters. The van der Waals surface area contributed by atoms with E-state index in [1.165, 1.54) is 45.3 Å². The van der Waals surface area contributed by atoms with Crippen molar-refractivity contribution in [3.05, 3.63) is 155 Å². The lowest BCUT2D eigenvalue weighted by Gasteiger charge is -2.31. The van der Waals surface area contributed by atoms with Gasteiger partial charge >= 0.3 is 12.2 Å². The molecule has 0 spiro atoms. The van der Waals surface area contributed by atoms with Gasteiger partial charge in [-0.3, -0.25) is 4.98 Å². The van der Waals surface area contributed by atoms with E-state index in [4.69, 9.17) is 86.0 Å². The first-order valence-corrected chi connectivity index (χ1v) is 38.6. The van der Waals surface area contributed by atoms with Crippen molar-refractivity contribution in [1.29, 1.82) is 5.26 Å². The maximum absolute atomic E-state index is 14.0. The molecule has 6 aromatic rings. The van der Waals surface area contributed by atoms with Crippen LogP contribution in [-0.2, 0) is 61.3 Å². The number of aliphatic hydroxyl groups is 2. The number of anilines is 1. The zero-order valence-corrected chi connectivity index (χ0v) is 62.2. The Bertz CT molecular complexity index is 4200. The Kier molecular flexibility index (Phi) is 29.2. The third-order valence-electron chi connectivity index (χ3n) is 17.9. The number of amides is 2. The Labute approximate surface area is 627 Å². The van der Waals surface area contributed by atoms with Gasteiger partial charge in [0.05, 0.1) is 97.7 Å². The molecule has 33 heteroatoms. The molecule has 576 valence electrons. The number of benzene rings is 4. The van der Waals surface area contributed by atoms with Crippen molar-refractivity contribution < 1.29 is 93.5 Å². The lowest BCUT2D eigenvalue weighted by molar-refractivity contribution is -0.0909. The molecule has 4 fully saturated rings. The van der Waals surface area contributed by atoms with Crippen LogP contribution in [0.4, 0.5) is 21.1 Å². The van der Waals surface area contributed by atoms with E-state index in [9.17, 15) is 36.6 Å². The monoisotopic (exact) mass is 1540 g/mol. The fraction of sp³-hybridized carbons (Fsp3) is 0.486. The number of rotatable bonds is 32. The van der Waals surface area contributed by atoms with Crippen molar-refractivity contribution in [1.82, 2.24) is 29.2 Å². The standard InChI is InChI=1S/C37H45N5O10S.C31H43N3O10S.C6H3ClN2/c1-24(2)20-42(53(45,46)28-9-10-32-33(17-28)51-23-50-32)21-31(43)30(41-37(44)52-34-22-49-36-29(34)12-15-48-36)16-25-4-7-27(8-5-25)47-14-3-13-39-35-11-6-26(18-38)19-40-35;1-20(2)16-34(45(37,38)23-8-9-27-28(15-23)43-19-42-27)17-26(35)25(14-21-4-6-22(7-5-21)39-12-3-11-32)33-31(36)44-29-18-41-30-24(29)10-13-40-30;1-8-5-2-3-6(7)9-4-5/h4-11,17,19,24,29-31,34,36,43H,3,12-16,20-23H2,1-2H3,(H,39,40)(H,41,44);4-9,15,20,24-26,29-30,35H,3,10-14,16-19,32H2,1-2H3,(H,33,36);2-4H/t29-,30-,31+,34-,36+;24-,25-,26+,29-,30+;/m00./s1. The number of nitrogens with one attached hydrogen (secondary N) is 3. The quantitative estimate of drug-likeness (QED) is 0.0132. The first-order valence-electron chi connectivity index (χ1n) is 35.3. The molecule has 7 N–H and O–H groups in total. The SMILES string of the molecule is CC(C)CN(C[C@@H](O)[C@H](Cc1ccc(OCCCN)cc1)NC(=O)O[C@H]1CO[C@H]2OCC[C@H]21)S(=O)(=O)c1ccc2c(c1)OCO2.CC(C)CN(C[C@@H](O)[C@H](Cc1ccc(OCCCNc2ccc(C#N)cn2)cc1)NC(=O)O[C@H]1CO[C@H]2OCC[C@H]21)S(=O)(=O)c1ccc2c(c1)OCO2.[C-]#[N+]c1ccc(Cl)nc1.